The van der Waals surface area contributed by atoms with Crippen molar-refractivity contribution in [2.45, 2.75) is 31.4 Å². The van der Waals surface area contributed by atoms with Crippen LogP contribution in [0.1, 0.15) is 19.3 Å². The maximum Gasteiger partial charge on any atom is 0.266 e. The molecule has 1 aliphatic heterocycles. The van der Waals surface area contributed by atoms with Crippen LogP contribution >= 0.6 is 0 Å². The van der Waals surface area contributed by atoms with Crippen molar-refractivity contribution in [3.8, 4) is 5.75 Å². The largest absolute Gasteiger partial charge is 0.478 e. The summed E-state index contributed by atoms with van der Waals surface area (Å²) < 4.78 is 5.54. The number of carbonyl (C=O) groups excluding carboxylic acids is 2. The summed E-state index contributed by atoms with van der Waals surface area (Å²) >= 11 is 0. The third-order valence-corrected chi connectivity index (χ3v) is 3.02. The Hall–Kier alpha value is -2.04. The molecule has 2 amide bonds. The van der Waals surface area contributed by atoms with Gasteiger partial charge < -0.3 is 15.4 Å². The molecule has 0 saturated heterocycles. The van der Waals surface area contributed by atoms with E-state index in [0.29, 0.717) is 17.5 Å². The minimum Gasteiger partial charge on any atom is -0.478 e. The van der Waals surface area contributed by atoms with Crippen molar-refractivity contribution in [2.24, 2.45) is 0 Å². The Morgan fingerprint density at radius 3 is 2.94 bits per heavy atom. The smallest absolute Gasteiger partial charge is 0.266 e. The lowest BCUT2D eigenvalue weighted by molar-refractivity contribution is -0.130. The van der Waals surface area contributed by atoms with Crippen molar-refractivity contribution in [2.75, 3.05) is 5.32 Å². The van der Waals surface area contributed by atoms with E-state index in [1.54, 1.807) is 12.1 Å². The van der Waals surface area contributed by atoms with Crippen LogP contribution in [0.25, 0.3) is 0 Å². The quantitative estimate of drug-likeness (QED) is 0.837. The first-order chi connectivity index (χ1) is 8.72. The summed E-state index contributed by atoms with van der Waals surface area (Å²) in [6.07, 6.45) is 1.40. The molecule has 1 atom stereocenters. The van der Waals surface area contributed by atoms with Crippen LogP contribution in [0.2, 0.25) is 0 Å². The number of amides is 2. The van der Waals surface area contributed by atoms with E-state index < -0.39 is 6.10 Å². The number of nitrogens with one attached hydrogen (secondary N) is 2. The topological polar surface area (TPSA) is 67.4 Å². The van der Waals surface area contributed by atoms with Gasteiger partial charge in [0.2, 0.25) is 5.91 Å². The molecular weight excluding hydrogens is 232 g/mol. The van der Waals surface area contributed by atoms with Crippen LogP contribution in [0.3, 0.4) is 0 Å². The molecule has 1 fully saturated rings. The summed E-state index contributed by atoms with van der Waals surface area (Å²) in [5.41, 5.74) is 0.654. The Morgan fingerprint density at radius 1 is 1.39 bits per heavy atom. The molecule has 2 N–H and O–H groups in total. The second-order valence-corrected chi connectivity index (χ2v) is 4.64. The molecule has 1 saturated carbocycles. The fourth-order valence-corrected chi connectivity index (χ4v) is 1.91. The van der Waals surface area contributed by atoms with Gasteiger partial charge in [0, 0.05) is 6.04 Å². The summed E-state index contributed by atoms with van der Waals surface area (Å²) in [6.45, 7) is 0. The number of anilines is 1. The lowest BCUT2D eigenvalue weighted by Crippen LogP contribution is -2.41. The predicted molar refractivity (Wildman–Crippen MR) is 65.3 cm³/mol. The van der Waals surface area contributed by atoms with Gasteiger partial charge in [-0.1, -0.05) is 12.1 Å². The number of ether oxygens (including phenoxy) is 1. The standard InChI is InChI=1S/C13H14N2O3/c16-12(14-8-5-6-8)7-11-13(17)15-9-3-1-2-4-10(9)18-11/h1-4,8,11H,5-7H2,(H,14,16)(H,15,17)/t11-/m0/s1. The molecule has 1 aromatic carbocycles. The molecule has 0 spiro atoms. The zero-order valence-corrected chi connectivity index (χ0v) is 9.81. The lowest BCUT2D eigenvalue weighted by Gasteiger charge is -2.25. The fourth-order valence-electron chi connectivity index (χ4n) is 1.91. The van der Waals surface area contributed by atoms with Gasteiger partial charge in [0.05, 0.1) is 12.1 Å². The zero-order chi connectivity index (χ0) is 12.5. The van der Waals surface area contributed by atoms with Crippen LogP contribution in [0.15, 0.2) is 24.3 Å². The third-order valence-electron chi connectivity index (χ3n) is 3.02. The molecule has 1 aliphatic carbocycles. The van der Waals surface area contributed by atoms with Crippen LogP contribution in [-0.2, 0) is 9.59 Å². The number of rotatable bonds is 3. The first-order valence-electron chi connectivity index (χ1n) is 6.08. The highest BCUT2D eigenvalue weighted by Crippen LogP contribution is 2.29. The maximum absolute atomic E-state index is 11.8. The lowest BCUT2D eigenvalue weighted by atomic mass is 10.1. The molecule has 1 aromatic rings. The van der Waals surface area contributed by atoms with Crippen LogP contribution in [-0.4, -0.2) is 24.0 Å². The Bertz CT molecular complexity index is 497. The highest BCUT2D eigenvalue weighted by molar-refractivity contribution is 5.99. The highest BCUT2D eigenvalue weighted by Gasteiger charge is 2.31. The molecule has 2 aliphatic rings. The number of benzene rings is 1. The van der Waals surface area contributed by atoms with E-state index >= 15 is 0 Å². The van der Waals surface area contributed by atoms with Crippen molar-refractivity contribution >= 4 is 17.5 Å². The van der Waals surface area contributed by atoms with Gasteiger partial charge in [-0.25, -0.2) is 0 Å². The van der Waals surface area contributed by atoms with Gasteiger partial charge in [0.25, 0.3) is 5.91 Å². The fraction of sp³-hybridized carbons (Fsp3) is 0.385. The number of carbonyl (C=O) groups is 2. The monoisotopic (exact) mass is 246 g/mol. The summed E-state index contributed by atoms with van der Waals surface area (Å²) in [6, 6.07) is 7.51. The van der Waals surface area contributed by atoms with Gasteiger partial charge in [-0.05, 0) is 25.0 Å². The molecule has 0 unspecified atom stereocenters. The first-order valence-corrected chi connectivity index (χ1v) is 6.08. The molecule has 18 heavy (non-hydrogen) atoms. The normalized spacial score (nSPS) is 21.6. The van der Waals surface area contributed by atoms with E-state index in [1.165, 1.54) is 0 Å². The molecule has 94 valence electrons. The molecule has 1 heterocycles. The zero-order valence-electron chi connectivity index (χ0n) is 9.81. The van der Waals surface area contributed by atoms with E-state index in [4.69, 9.17) is 4.74 Å². The number of hydrogen-bond donors (Lipinski definition) is 2. The van der Waals surface area contributed by atoms with Crippen molar-refractivity contribution in [1.29, 1.82) is 0 Å². The van der Waals surface area contributed by atoms with Gasteiger partial charge >= 0.3 is 0 Å². The average Bonchev–Trinajstić information content (AvgIpc) is 3.14. The summed E-state index contributed by atoms with van der Waals surface area (Å²) in [4.78, 5) is 23.4. The minimum atomic E-state index is -0.737. The van der Waals surface area contributed by atoms with E-state index in [2.05, 4.69) is 10.6 Å². The van der Waals surface area contributed by atoms with Gasteiger partial charge in [-0.2, -0.15) is 0 Å². The van der Waals surface area contributed by atoms with Crippen molar-refractivity contribution in [3.63, 3.8) is 0 Å². The molecule has 0 bridgehead atoms. The van der Waals surface area contributed by atoms with Gasteiger partial charge in [-0.15, -0.1) is 0 Å². The Labute approximate surface area is 105 Å². The van der Waals surface area contributed by atoms with Crippen LogP contribution in [0.5, 0.6) is 5.75 Å². The van der Waals surface area contributed by atoms with Gasteiger partial charge in [0.1, 0.15) is 5.75 Å². The third kappa shape index (κ3) is 2.30. The van der Waals surface area contributed by atoms with Crippen molar-refractivity contribution in [3.05, 3.63) is 24.3 Å². The molecule has 5 nitrogen and oxygen atoms in total. The van der Waals surface area contributed by atoms with Crippen molar-refractivity contribution < 1.29 is 14.3 Å². The molecule has 0 radical (unpaired) electrons. The number of hydrogen-bond acceptors (Lipinski definition) is 3. The highest BCUT2D eigenvalue weighted by atomic mass is 16.5. The Kier molecular flexibility index (Phi) is 2.66. The molecule has 5 heteroatoms. The predicted octanol–water partition coefficient (Wildman–Crippen LogP) is 1.05. The second-order valence-electron chi connectivity index (χ2n) is 4.64. The van der Waals surface area contributed by atoms with Gasteiger partial charge in [-0.3, -0.25) is 9.59 Å². The summed E-state index contributed by atoms with van der Waals surface area (Å²) in [5, 5.41) is 5.59. The number of para-hydroxylation sites is 2. The first kappa shape index (κ1) is 11.1. The SMILES string of the molecule is O=C(C[C@@H]1Oc2ccccc2NC1=O)NC1CC1. The average molecular weight is 246 g/mol. The minimum absolute atomic E-state index is 0.0661. The van der Waals surface area contributed by atoms with Crippen LogP contribution < -0.4 is 15.4 Å². The van der Waals surface area contributed by atoms with Crippen LogP contribution in [0.4, 0.5) is 5.69 Å². The van der Waals surface area contributed by atoms with E-state index in [9.17, 15) is 9.59 Å². The van der Waals surface area contributed by atoms with Crippen molar-refractivity contribution in [1.82, 2.24) is 5.32 Å². The van der Waals surface area contributed by atoms with E-state index in [1.807, 2.05) is 12.1 Å². The van der Waals surface area contributed by atoms with E-state index in [0.717, 1.165) is 12.8 Å². The molecular formula is C13H14N2O3. The Balaban J connectivity index is 1.66. The number of fused-ring (bicyclic) bond motifs is 1. The van der Waals surface area contributed by atoms with E-state index in [-0.39, 0.29) is 18.2 Å². The Morgan fingerprint density at radius 2 is 2.17 bits per heavy atom. The van der Waals surface area contributed by atoms with Crippen LogP contribution in [0, 0.1) is 0 Å². The summed E-state index contributed by atoms with van der Waals surface area (Å²) in [7, 11) is 0. The molecule has 3 rings (SSSR count). The molecule has 0 aromatic heterocycles. The maximum atomic E-state index is 11.8. The second kappa shape index (κ2) is 4.33. The summed E-state index contributed by atoms with van der Waals surface area (Å²) in [5.74, 6) is 0.220. The van der Waals surface area contributed by atoms with Gasteiger partial charge in [0.15, 0.2) is 6.10 Å².